The molecule has 3 aromatic rings. The van der Waals surface area contributed by atoms with Crippen molar-refractivity contribution >= 4 is 45.6 Å². The summed E-state index contributed by atoms with van der Waals surface area (Å²) in [6, 6.07) is 11.2. The Labute approximate surface area is 174 Å². The largest absolute Gasteiger partial charge is 0.504 e. The predicted octanol–water partition coefficient (Wildman–Crippen LogP) is 4.85. The summed E-state index contributed by atoms with van der Waals surface area (Å²) < 4.78 is 0. The molecule has 1 aromatic heterocycles. The van der Waals surface area contributed by atoms with Gasteiger partial charge in [-0.05, 0) is 36.2 Å². The van der Waals surface area contributed by atoms with Crippen LogP contribution in [0.5, 0.6) is 11.5 Å². The maximum atomic E-state index is 12.4. The van der Waals surface area contributed by atoms with Crippen LogP contribution in [0.2, 0.25) is 10.0 Å². The Morgan fingerprint density at radius 2 is 1.96 bits per heavy atom. The fraction of sp³-hybridized carbons (Fsp3) is 0.105. The molecule has 0 radical (unpaired) electrons. The highest BCUT2D eigenvalue weighted by molar-refractivity contribution is 7.14. The average Bonchev–Trinajstić information content (AvgIpc) is 3.13. The zero-order valence-electron chi connectivity index (χ0n) is 14.2. The van der Waals surface area contributed by atoms with Gasteiger partial charge in [0.15, 0.2) is 16.6 Å². The molecule has 1 amide bonds. The number of phenolic OH excluding ortho intramolecular Hbond substituents is 2. The highest BCUT2D eigenvalue weighted by Crippen LogP contribution is 2.31. The Morgan fingerprint density at radius 3 is 2.64 bits per heavy atom. The molecule has 3 rings (SSSR count). The lowest BCUT2D eigenvalue weighted by Gasteiger charge is -2.09. The second-order valence-electron chi connectivity index (χ2n) is 5.86. The normalized spacial score (nSPS) is 11.6. The monoisotopic (exact) mass is 433 g/mol. The smallest absolute Gasteiger partial charge is 0.243 e. The highest BCUT2D eigenvalue weighted by Gasteiger charge is 2.20. The van der Waals surface area contributed by atoms with Gasteiger partial charge in [-0.2, -0.15) is 5.26 Å². The van der Waals surface area contributed by atoms with Crippen LogP contribution in [0, 0.1) is 17.2 Å². The van der Waals surface area contributed by atoms with E-state index in [9.17, 15) is 20.3 Å². The number of benzene rings is 2. The lowest BCUT2D eigenvalue weighted by atomic mass is 9.99. The molecule has 1 atom stereocenters. The van der Waals surface area contributed by atoms with Gasteiger partial charge in [0.2, 0.25) is 5.91 Å². The molecule has 0 aliphatic carbocycles. The predicted molar refractivity (Wildman–Crippen MR) is 109 cm³/mol. The number of carbonyl (C=O) groups excluding carboxylic acids is 1. The first-order valence-corrected chi connectivity index (χ1v) is 9.63. The highest BCUT2D eigenvalue weighted by atomic mass is 35.5. The summed E-state index contributed by atoms with van der Waals surface area (Å²) in [5.41, 5.74) is 1.92. The van der Waals surface area contributed by atoms with Gasteiger partial charge in [-0.3, -0.25) is 4.79 Å². The molecular formula is C19H13Cl2N3O3S. The van der Waals surface area contributed by atoms with E-state index < -0.39 is 11.8 Å². The number of carbonyl (C=O) groups is 1. The fourth-order valence-electron chi connectivity index (χ4n) is 2.44. The quantitative estimate of drug-likeness (QED) is 0.498. The minimum atomic E-state index is -0.985. The van der Waals surface area contributed by atoms with Gasteiger partial charge in [-0.1, -0.05) is 35.3 Å². The minimum Gasteiger partial charge on any atom is -0.504 e. The number of rotatable bonds is 5. The van der Waals surface area contributed by atoms with Gasteiger partial charge in [0.05, 0.1) is 21.8 Å². The maximum Gasteiger partial charge on any atom is 0.243 e. The lowest BCUT2D eigenvalue weighted by Crippen LogP contribution is -2.23. The summed E-state index contributed by atoms with van der Waals surface area (Å²) in [6.07, 6.45) is 0.0845. The molecule has 0 fully saturated rings. The van der Waals surface area contributed by atoms with E-state index in [1.807, 2.05) is 6.07 Å². The number of phenols is 2. The summed E-state index contributed by atoms with van der Waals surface area (Å²) in [5.74, 6) is -2.06. The molecule has 0 saturated heterocycles. The van der Waals surface area contributed by atoms with Crippen LogP contribution in [0.1, 0.15) is 5.56 Å². The number of nitrogens with zero attached hydrogens (tertiary/aromatic N) is 2. The van der Waals surface area contributed by atoms with Crippen molar-refractivity contribution in [2.75, 3.05) is 5.32 Å². The second-order valence-corrected chi connectivity index (χ2v) is 7.54. The first-order chi connectivity index (χ1) is 13.4. The number of anilines is 1. The Morgan fingerprint density at radius 1 is 1.18 bits per heavy atom. The molecule has 6 nitrogen and oxygen atoms in total. The van der Waals surface area contributed by atoms with Crippen LogP contribution in [0.25, 0.3) is 11.3 Å². The van der Waals surface area contributed by atoms with E-state index >= 15 is 0 Å². The first-order valence-electron chi connectivity index (χ1n) is 7.99. The van der Waals surface area contributed by atoms with Gasteiger partial charge in [0.25, 0.3) is 0 Å². The number of aromatic hydroxyl groups is 2. The van der Waals surface area contributed by atoms with E-state index in [1.54, 1.807) is 29.6 Å². The van der Waals surface area contributed by atoms with Crippen molar-refractivity contribution in [1.29, 1.82) is 5.26 Å². The van der Waals surface area contributed by atoms with E-state index in [-0.39, 0.29) is 17.9 Å². The van der Waals surface area contributed by atoms with E-state index in [1.165, 1.54) is 23.5 Å². The van der Waals surface area contributed by atoms with Gasteiger partial charge in [0, 0.05) is 10.9 Å². The molecule has 0 aliphatic heterocycles. The number of thiazole rings is 1. The van der Waals surface area contributed by atoms with Gasteiger partial charge in [-0.15, -0.1) is 11.3 Å². The van der Waals surface area contributed by atoms with Crippen LogP contribution >= 0.6 is 34.5 Å². The van der Waals surface area contributed by atoms with Crippen molar-refractivity contribution in [3.05, 3.63) is 57.4 Å². The third kappa shape index (κ3) is 4.54. The lowest BCUT2D eigenvalue weighted by molar-refractivity contribution is -0.118. The third-order valence-electron chi connectivity index (χ3n) is 3.90. The number of halogens is 2. The summed E-state index contributed by atoms with van der Waals surface area (Å²) in [7, 11) is 0. The molecule has 2 aromatic carbocycles. The van der Waals surface area contributed by atoms with Gasteiger partial charge < -0.3 is 15.5 Å². The Bertz CT molecular complexity index is 1080. The summed E-state index contributed by atoms with van der Waals surface area (Å²) in [6.45, 7) is 0. The number of nitriles is 1. The molecule has 0 spiro atoms. The van der Waals surface area contributed by atoms with Crippen molar-refractivity contribution in [2.24, 2.45) is 5.92 Å². The third-order valence-corrected chi connectivity index (χ3v) is 5.40. The standard InChI is InChI=1S/C19H13Cl2N3O3S/c20-13-3-2-11(7-14(13)21)15-9-28-19(23-15)24-18(27)12(8-22)5-10-1-4-16(25)17(26)6-10/h1-4,6-7,9,12,25-26H,5H2,(H,23,24,27). The average molecular weight is 434 g/mol. The van der Waals surface area contributed by atoms with E-state index in [2.05, 4.69) is 10.3 Å². The molecule has 0 saturated carbocycles. The van der Waals surface area contributed by atoms with Crippen LogP contribution < -0.4 is 5.32 Å². The molecule has 9 heteroatoms. The van der Waals surface area contributed by atoms with Crippen molar-refractivity contribution in [3.8, 4) is 28.8 Å². The summed E-state index contributed by atoms with van der Waals surface area (Å²) in [4.78, 5) is 16.8. The van der Waals surface area contributed by atoms with E-state index in [0.717, 1.165) is 5.56 Å². The van der Waals surface area contributed by atoms with Crippen molar-refractivity contribution in [3.63, 3.8) is 0 Å². The van der Waals surface area contributed by atoms with E-state index in [4.69, 9.17) is 23.2 Å². The number of aromatic nitrogens is 1. The van der Waals surface area contributed by atoms with Gasteiger partial charge >= 0.3 is 0 Å². The van der Waals surface area contributed by atoms with Crippen LogP contribution in [-0.4, -0.2) is 21.1 Å². The van der Waals surface area contributed by atoms with Crippen LogP contribution in [0.3, 0.4) is 0 Å². The number of hydrogen-bond acceptors (Lipinski definition) is 6. The molecule has 1 unspecified atom stereocenters. The zero-order valence-corrected chi connectivity index (χ0v) is 16.5. The van der Waals surface area contributed by atoms with Crippen LogP contribution in [0.15, 0.2) is 41.8 Å². The van der Waals surface area contributed by atoms with Gasteiger partial charge in [0.1, 0.15) is 5.92 Å². The molecular weight excluding hydrogens is 421 g/mol. The molecule has 0 aliphatic rings. The number of nitrogens with one attached hydrogen (secondary N) is 1. The first kappa shape index (κ1) is 20.0. The zero-order chi connectivity index (χ0) is 20.3. The SMILES string of the molecule is N#CC(Cc1ccc(O)c(O)c1)C(=O)Nc1nc(-c2ccc(Cl)c(Cl)c2)cs1. The number of hydrogen-bond donors (Lipinski definition) is 3. The Kier molecular flexibility index (Phi) is 6.05. The molecule has 28 heavy (non-hydrogen) atoms. The summed E-state index contributed by atoms with van der Waals surface area (Å²) in [5, 5.41) is 33.8. The fourth-order valence-corrected chi connectivity index (χ4v) is 3.46. The van der Waals surface area contributed by atoms with Crippen LogP contribution in [0.4, 0.5) is 5.13 Å². The second kappa shape index (κ2) is 8.48. The number of amides is 1. The van der Waals surface area contributed by atoms with Crippen molar-refractivity contribution < 1.29 is 15.0 Å². The van der Waals surface area contributed by atoms with Gasteiger partial charge in [-0.25, -0.2) is 4.98 Å². The van der Waals surface area contributed by atoms with Crippen LogP contribution in [-0.2, 0) is 11.2 Å². The van der Waals surface area contributed by atoms with Crippen molar-refractivity contribution in [1.82, 2.24) is 4.98 Å². The summed E-state index contributed by atoms with van der Waals surface area (Å²) >= 11 is 13.1. The topological polar surface area (TPSA) is 106 Å². The Balaban J connectivity index is 1.71. The van der Waals surface area contributed by atoms with Crippen molar-refractivity contribution in [2.45, 2.75) is 6.42 Å². The maximum absolute atomic E-state index is 12.4. The molecule has 142 valence electrons. The molecule has 3 N–H and O–H groups in total. The minimum absolute atomic E-state index is 0.0845. The van der Waals surface area contributed by atoms with E-state index in [0.29, 0.717) is 26.4 Å². The molecule has 0 bridgehead atoms. The molecule has 1 heterocycles. The Hall–Kier alpha value is -2.79.